The smallest absolute Gasteiger partial charge is 0.249 e. The fourth-order valence-corrected chi connectivity index (χ4v) is 1.30. The molecule has 1 atom stereocenters. The summed E-state index contributed by atoms with van der Waals surface area (Å²) >= 11 is 0. The molecule has 0 aliphatic heterocycles. The highest BCUT2D eigenvalue weighted by Gasteiger charge is 2.15. The van der Waals surface area contributed by atoms with E-state index in [-0.39, 0.29) is 17.5 Å². The number of primary amides is 1. The van der Waals surface area contributed by atoms with E-state index in [2.05, 4.69) is 0 Å². The summed E-state index contributed by atoms with van der Waals surface area (Å²) in [5, 5.41) is 17.8. The number of amides is 1. The van der Waals surface area contributed by atoms with Crippen molar-refractivity contribution in [3.63, 3.8) is 0 Å². The van der Waals surface area contributed by atoms with E-state index in [0.29, 0.717) is 0 Å². The first-order valence-corrected chi connectivity index (χ1v) is 4.42. The van der Waals surface area contributed by atoms with Gasteiger partial charge in [-0.25, -0.2) is 4.39 Å². The highest BCUT2D eigenvalue weighted by Crippen LogP contribution is 2.15. The third-order valence-electron chi connectivity index (χ3n) is 2.03. The molecule has 0 saturated heterocycles. The fourth-order valence-electron chi connectivity index (χ4n) is 1.30. The second-order valence-corrected chi connectivity index (χ2v) is 3.17. The lowest BCUT2D eigenvalue weighted by atomic mass is 10.0. The monoisotopic (exact) mass is 213 g/mol. The fraction of sp³-hybridized carbons (Fsp3) is 0.300. The molecule has 1 rings (SSSR count). The second-order valence-electron chi connectivity index (χ2n) is 3.17. The molecular formula is C10H12FNO3. The summed E-state index contributed by atoms with van der Waals surface area (Å²) in [6, 6.07) is 3.92. The van der Waals surface area contributed by atoms with Gasteiger partial charge in [-0.1, -0.05) is 6.07 Å². The van der Waals surface area contributed by atoms with Crippen molar-refractivity contribution in [1.82, 2.24) is 0 Å². The van der Waals surface area contributed by atoms with E-state index in [9.17, 15) is 14.3 Å². The Morgan fingerprint density at radius 2 is 2.20 bits per heavy atom. The maximum Gasteiger partial charge on any atom is 0.249 e. The lowest BCUT2D eigenvalue weighted by Gasteiger charge is -2.11. The van der Waals surface area contributed by atoms with Crippen LogP contribution in [0.5, 0.6) is 0 Å². The quantitative estimate of drug-likeness (QED) is 0.648. The number of rotatable bonds is 4. The molecule has 0 bridgehead atoms. The first-order valence-electron chi connectivity index (χ1n) is 4.42. The third-order valence-corrected chi connectivity index (χ3v) is 2.03. The highest BCUT2D eigenvalue weighted by molar-refractivity contribution is 5.94. The van der Waals surface area contributed by atoms with E-state index in [1.165, 1.54) is 18.2 Å². The number of carbonyl (C=O) groups excluding carboxylic acids is 1. The molecular weight excluding hydrogens is 201 g/mol. The molecule has 0 aliphatic rings. The van der Waals surface area contributed by atoms with Crippen molar-refractivity contribution in [2.24, 2.45) is 5.73 Å². The molecule has 0 spiro atoms. The number of halogens is 1. The van der Waals surface area contributed by atoms with Gasteiger partial charge >= 0.3 is 0 Å². The van der Waals surface area contributed by atoms with Gasteiger partial charge in [0.25, 0.3) is 0 Å². The standard InChI is InChI=1S/C10H12FNO3/c11-9-3-1-2-7(10(12)15)8(9)4-6(14)5-13/h1-3,6,13-14H,4-5H2,(H2,12,15). The van der Waals surface area contributed by atoms with Crippen LogP contribution in [0.4, 0.5) is 4.39 Å². The highest BCUT2D eigenvalue weighted by atomic mass is 19.1. The molecule has 0 heterocycles. The zero-order valence-corrected chi connectivity index (χ0v) is 7.98. The maximum atomic E-state index is 13.3. The van der Waals surface area contributed by atoms with Crippen molar-refractivity contribution in [3.8, 4) is 0 Å². The van der Waals surface area contributed by atoms with Crippen molar-refractivity contribution >= 4 is 5.91 Å². The van der Waals surface area contributed by atoms with Crippen LogP contribution in [0.15, 0.2) is 18.2 Å². The Morgan fingerprint density at radius 1 is 1.53 bits per heavy atom. The second kappa shape index (κ2) is 4.86. The van der Waals surface area contributed by atoms with Crippen LogP contribution in [0.2, 0.25) is 0 Å². The zero-order valence-electron chi connectivity index (χ0n) is 7.98. The number of aliphatic hydroxyl groups excluding tert-OH is 2. The molecule has 82 valence electrons. The Balaban J connectivity index is 3.07. The number of hydrogen-bond donors (Lipinski definition) is 3. The lowest BCUT2D eigenvalue weighted by molar-refractivity contribution is 0.0933. The molecule has 0 aliphatic carbocycles. The summed E-state index contributed by atoms with van der Waals surface area (Å²) < 4.78 is 13.3. The molecule has 1 unspecified atom stereocenters. The van der Waals surface area contributed by atoms with Gasteiger partial charge < -0.3 is 15.9 Å². The van der Waals surface area contributed by atoms with Crippen molar-refractivity contribution in [3.05, 3.63) is 35.1 Å². The number of aliphatic hydroxyl groups is 2. The van der Waals surface area contributed by atoms with Gasteiger partial charge in [-0.15, -0.1) is 0 Å². The SMILES string of the molecule is NC(=O)c1cccc(F)c1CC(O)CO. The summed E-state index contributed by atoms with van der Waals surface area (Å²) in [6.45, 7) is -0.494. The van der Waals surface area contributed by atoms with Gasteiger partial charge in [0, 0.05) is 17.5 Å². The number of benzene rings is 1. The van der Waals surface area contributed by atoms with Crippen molar-refractivity contribution in [2.45, 2.75) is 12.5 Å². The molecule has 0 saturated carbocycles. The predicted molar refractivity (Wildman–Crippen MR) is 51.7 cm³/mol. The molecule has 4 N–H and O–H groups in total. The number of nitrogens with two attached hydrogens (primary N) is 1. The van der Waals surface area contributed by atoms with E-state index >= 15 is 0 Å². The van der Waals surface area contributed by atoms with Crippen molar-refractivity contribution in [1.29, 1.82) is 0 Å². The Bertz CT molecular complexity index is 368. The van der Waals surface area contributed by atoms with Crippen molar-refractivity contribution in [2.75, 3.05) is 6.61 Å². The van der Waals surface area contributed by atoms with Crippen LogP contribution in [-0.4, -0.2) is 28.8 Å². The largest absolute Gasteiger partial charge is 0.394 e. The first-order chi connectivity index (χ1) is 7.06. The summed E-state index contributed by atoms with van der Waals surface area (Å²) in [6.07, 6.45) is -1.23. The molecule has 5 heteroatoms. The van der Waals surface area contributed by atoms with Crippen LogP contribution >= 0.6 is 0 Å². The maximum absolute atomic E-state index is 13.3. The van der Waals surface area contributed by atoms with Crippen LogP contribution in [-0.2, 0) is 6.42 Å². The molecule has 0 aromatic heterocycles. The van der Waals surface area contributed by atoms with Crippen LogP contribution in [0, 0.1) is 5.82 Å². The summed E-state index contributed by atoms with van der Waals surface area (Å²) in [7, 11) is 0. The van der Waals surface area contributed by atoms with Gasteiger partial charge in [0.15, 0.2) is 0 Å². The van der Waals surface area contributed by atoms with Crippen LogP contribution in [0.25, 0.3) is 0 Å². The Kier molecular flexibility index (Phi) is 3.76. The molecule has 0 radical (unpaired) electrons. The normalized spacial score (nSPS) is 12.5. The van der Waals surface area contributed by atoms with Crippen LogP contribution in [0.3, 0.4) is 0 Å². The number of carbonyl (C=O) groups is 1. The zero-order chi connectivity index (χ0) is 11.4. The minimum absolute atomic E-state index is 0.0301. The topological polar surface area (TPSA) is 83.6 Å². The van der Waals surface area contributed by atoms with Gasteiger partial charge in [0.1, 0.15) is 5.82 Å². The van der Waals surface area contributed by atoms with Crippen LogP contribution in [0.1, 0.15) is 15.9 Å². The molecule has 15 heavy (non-hydrogen) atoms. The van der Waals surface area contributed by atoms with Gasteiger partial charge in [-0.3, -0.25) is 4.79 Å². The van der Waals surface area contributed by atoms with E-state index < -0.39 is 24.4 Å². The summed E-state index contributed by atoms with van der Waals surface area (Å²) in [4.78, 5) is 11.0. The van der Waals surface area contributed by atoms with E-state index in [1.807, 2.05) is 0 Å². The first kappa shape index (κ1) is 11.6. The Hall–Kier alpha value is -1.46. The third kappa shape index (κ3) is 2.74. The van der Waals surface area contributed by atoms with Crippen molar-refractivity contribution < 1.29 is 19.4 Å². The minimum atomic E-state index is -1.10. The molecule has 0 fully saturated rings. The van der Waals surface area contributed by atoms with Gasteiger partial charge in [0.05, 0.1) is 12.7 Å². The number of hydrogen-bond acceptors (Lipinski definition) is 3. The lowest BCUT2D eigenvalue weighted by Crippen LogP contribution is -2.21. The molecule has 4 nitrogen and oxygen atoms in total. The van der Waals surface area contributed by atoms with Crippen LogP contribution < -0.4 is 5.73 Å². The Labute approximate surface area is 86.1 Å². The van der Waals surface area contributed by atoms with E-state index in [1.54, 1.807) is 0 Å². The van der Waals surface area contributed by atoms with Gasteiger partial charge in [-0.05, 0) is 12.1 Å². The average Bonchev–Trinajstić information content (AvgIpc) is 2.20. The summed E-state index contributed by atoms with van der Waals surface area (Å²) in [5.74, 6) is -1.37. The predicted octanol–water partition coefficient (Wildman–Crippen LogP) is -0.180. The van der Waals surface area contributed by atoms with Gasteiger partial charge in [0.2, 0.25) is 5.91 Å². The Morgan fingerprint density at radius 3 is 2.73 bits per heavy atom. The molecule has 1 amide bonds. The van der Waals surface area contributed by atoms with E-state index in [0.717, 1.165) is 0 Å². The summed E-state index contributed by atoms with van der Waals surface area (Å²) in [5.41, 5.74) is 5.11. The van der Waals surface area contributed by atoms with Gasteiger partial charge in [-0.2, -0.15) is 0 Å². The molecule has 1 aromatic rings. The average molecular weight is 213 g/mol. The minimum Gasteiger partial charge on any atom is -0.394 e. The van der Waals surface area contributed by atoms with E-state index in [4.69, 9.17) is 10.8 Å². The molecule has 1 aromatic carbocycles.